The molecule has 0 radical (unpaired) electrons. The highest BCUT2D eigenvalue weighted by molar-refractivity contribution is 6.33. The molecular weight excluding hydrogens is 458 g/mol. The molecule has 0 saturated carbocycles. The number of benzene rings is 3. The number of Topliss-reactive ketones (excluding diaryl/α,β-unsaturated/α-hetero) is 1. The van der Waals surface area contributed by atoms with E-state index in [9.17, 15) is 9.59 Å². The van der Waals surface area contributed by atoms with Crippen molar-refractivity contribution in [3.05, 3.63) is 101 Å². The van der Waals surface area contributed by atoms with Crippen molar-refractivity contribution < 1.29 is 9.59 Å². The quantitative estimate of drug-likeness (QED) is 0.437. The fraction of sp³-hybridized carbons (Fsp3) is 0.241. The first-order chi connectivity index (χ1) is 16.8. The van der Waals surface area contributed by atoms with E-state index in [0.717, 1.165) is 34.6 Å². The zero-order valence-electron chi connectivity index (χ0n) is 19.8. The Morgan fingerprint density at radius 2 is 1.69 bits per heavy atom. The summed E-state index contributed by atoms with van der Waals surface area (Å²) in [6.07, 6.45) is 1.22. The van der Waals surface area contributed by atoms with Crippen molar-refractivity contribution in [1.29, 1.82) is 0 Å². The Bertz CT molecular complexity index is 1320. The van der Waals surface area contributed by atoms with Gasteiger partial charge in [-0.1, -0.05) is 80.0 Å². The fourth-order valence-electron chi connectivity index (χ4n) is 5.12. The summed E-state index contributed by atoms with van der Waals surface area (Å²) < 4.78 is 0. The van der Waals surface area contributed by atoms with Crippen LogP contribution in [0.3, 0.4) is 0 Å². The molecule has 2 N–H and O–H groups in total. The highest BCUT2D eigenvalue weighted by Crippen LogP contribution is 2.48. The van der Waals surface area contributed by atoms with E-state index in [2.05, 4.69) is 24.5 Å². The lowest BCUT2D eigenvalue weighted by molar-refractivity contribution is -0.119. The minimum atomic E-state index is -0.400. The molecule has 3 aromatic rings. The summed E-state index contributed by atoms with van der Waals surface area (Å²) in [5, 5.41) is 7.00. The number of nitrogens with zero attached hydrogens (tertiary/aromatic N) is 1. The highest BCUT2D eigenvalue weighted by Gasteiger charge is 2.41. The van der Waals surface area contributed by atoms with Gasteiger partial charge in [-0.05, 0) is 41.7 Å². The molecule has 1 amide bonds. The Hall–Kier alpha value is -3.57. The van der Waals surface area contributed by atoms with Gasteiger partial charge in [0.2, 0.25) is 5.91 Å². The van der Waals surface area contributed by atoms with E-state index in [1.807, 2.05) is 71.6 Å². The van der Waals surface area contributed by atoms with E-state index in [1.54, 1.807) is 12.1 Å². The molecule has 6 heteroatoms. The zero-order valence-corrected chi connectivity index (χ0v) is 20.6. The van der Waals surface area contributed by atoms with Gasteiger partial charge in [0.1, 0.15) is 0 Å². The van der Waals surface area contributed by atoms with Gasteiger partial charge in [-0.2, -0.15) is 0 Å². The number of anilines is 3. The molecule has 35 heavy (non-hydrogen) atoms. The average molecular weight is 486 g/mol. The molecule has 5 nitrogen and oxygen atoms in total. The maximum atomic E-state index is 13.7. The molecule has 3 aromatic carbocycles. The van der Waals surface area contributed by atoms with Crippen LogP contribution in [0.1, 0.15) is 38.3 Å². The molecule has 1 aliphatic carbocycles. The molecule has 2 aliphatic rings. The number of hydrogen-bond donors (Lipinski definition) is 2. The van der Waals surface area contributed by atoms with Crippen LogP contribution < -0.4 is 15.5 Å². The number of fused-ring (bicyclic) bond motifs is 1. The summed E-state index contributed by atoms with van der Waals surface area (Å²) >= 11 is 6.29. The number of nitrogens with one attached hydrogen (secondary N) is 2. The second kappa shape index (κ2) is 9.23. The van der Waals surface area contributed by atoms with Crippen molar-refractivity contribution in [2.24, 2.45) is 5.41 Å². The largest absolute Gasteiger partial charge is 0.357 e. The molecule has 1 atom stereocenters. The molecule has 0 aromatic heterocycles. The van der Waals surface area contributed by atoms with Gasteiger partial charge in [-0.15, -0.1) is 0 Å². The van der Waals surface area contributed by atoms with E-state index in [1.165, 1.54) is 0 Å². The van der Waals surface area contributed by atoms with Crippen molar-refractivity contribution in [1.82, 2.24) is 0 Å². The van der Waals surface area contributed by atoms with Gasteiger partial charge in [0.25, 0.3) is 0 Å². The van der Waals surface area contributed by atoms with Gasteiger partial charge >= 0.3 is 0 Å². The van der Waals surface area contributed by atoms with Crippen LogP contribution in [0.25, 0.3) is 0 Å². The third-order valence-corrected chi connectivity index (χ3v) is 6.91. The summed E-state index contributed by atoms with van der Waals surface area (Å²) in [7, 11) is 0. The average Bonchev–Trinajstić information content (AvgIpc) is 2.95. The molecule has 1 heterocycles. The molecule has 0 fully saturated rings. The van der Waals surface area contributed by atoms with Crippen LogP contribution in [-0.2, 0) is 9.59 Å². The standard InChI is InChI=1S/C29H28ClN3O2/c1-29(2)16-23-27(25(34)17-29)28(19-10-4-3-5-11-19)33(24-15-9-8-14-22(24)31-23)18-26(35)32-21-13-7-6-12-20(21)30/h3-15,28,31H,16-18H2,1-2H3,(H,32,35). The van der Waals surface area contributed by atoms with Crippen LogP contribution in [0.5, 0.6) is 0 Å². The Morgan fingerprint density at radius 3 is 2.46 bits per heavy atom. The minimum Gasteiger partial charge on any atom is -0.357 e. The highest BCUT2D eigenvalue weighted by atomic mass is 35.5. The van der Waals surface area contributed by atoms with Crippen LogP contribution in [-0.4, -0.2) is 18.2 Å². The number of amides is 1. The number of hydrogen-bond acceptors (Lipinski definition) is 4. The number of carbonyl (C=O) groups excluding carboxylic acids is 2. The second-order valence-corrected chi connectivity index (χ2v) is 10.4. The predicted molar refractivity (Wildman–Crippen MR) is 142 cm³/mol. The first-order valence-corrected chi connectivity index (χ1v) is 12.2. The Balaban J connectivity index is 1.63. The Kier molecular flexibility index (Phi) is 6.12. The van der Waals surface area contributed by atoms with Gasteiger partial charge < -0.3 is 15.5 Å². The first kappa shape index (κ1) is 23.2. The van der Waals surface area contributed by atoms with Crippen LogP contribution in [0.4, 0.5) is 17.1 Å². The van der Waals surface area contributed by atoms with Crippen LogP contribution >= 0.6 is 11.6 Å². The molecule has 0 bridgehead atoms. The Morgan fingerprint density at radius 1 is 1.00 bits per heavy atom. The predicted octanol–water partition coefficient (Wildman–Crippen LogP) is 6.60. The van der Waals surface area contributed by atoms with Crippen molar-refractivity contribution >= 4 is 40.4 Å². The van der Waals surface area contributed by atoms with Gasteiger partial charge in [0.05, 0.1) is 34.7 Å². The van der Waals surface area contributed by atoms with Crippen molar-refractivity contribution in [2.45, 2.75) is 32.7 Å². The number of para-hydroxylation sites is 3. The lowest BCUT2D eigenvalue weighted by atomic mass is 9.73. The SMILES string of the molecule is CC1(C)CC(=O)C2=C(C1)Nc1ccccc1N(CC(=O)Nc1ccccc1Cl)C2c1ccccc1. The van der Waals surface area contributed by atoms with E-state index in [0.29, 0.717) is 17.1 Å². The fourth-order valence-corrected chi connectivity index (χ4v) is 5.30. The summed E-state index contributed by atoms with van der Waals surface area (Å²) in [5.41, 5.74) is 4.81. The lowest BCUT2D eigenvalue weighted by Gasteiger charge is -2.37. The van der Waals surface area contributed by atoms with Gasteiger partial charge in [0.15, 0.2) is 5.78 Å². The number of halogens is 1. The Labute approximate surface area is 210 Å². The van der Waals surface area contributed by atoms with Crippen LogP contribution in [0.2, 0.25) is 5.02 Å². The van der Waals surface area contributed by atoms with E-state index in [4.69, 9.17) is 11.6 Å². The van der Waals surface area contributed by atoms with Crippen molar-refractivity contribution in [3.8, 4) is 0 Å². The first-order valence-electron chi connectivity index (χ1n) is 11.8. The molecular formula is C29H28ClN3O2. The van der Waals surface area contributed by atoms with Gasteiger partial charge in [-0.3, -0.25) is 9.59 Å². The lowest BCUT2D eigenvalue weighted by Crippen LogP contribution is -2.40. The topological polar surface area (TPSA) is 61.4 Å². The van der Waals surface area contributed by atoms with E-state index in [-0.39, 0.29) is 23.7 Å². The van der Waals surface area contributed by atoms with E-state index < -0.39 is 6.04 Å². The molecule has 5 rings (SSSR count). The smallest absolute Gasteiger partial charge is 0.243 e. The third-order valence-electron chi connectivity index (χ3n) is 6.58. The molecule has 1 unspecified atom stereocenters. The molecule has 178 valence electrons. The minimum absolute atomic E-state index is 0.0525. The van der Waals surface area contributed by atoms with Crippen LogP contribution in [0, 0.1) is 5.41 Å². The van der Waals surface area contributed by atoms with Gasteiger partial charge in [0, 0.05) is 17.7 Å². The molecule has 0 saturated heterocycles. The summed E-state index contributed by atoms with van der Waals surface area (Å²) in [6, 6.07) is 24.6. The zero-order chi connectivity index (χ0) is 24.6. The number of ketones is 1. The maximum absolute atomic E-state index is 13.7. The molecule has 0 spiro atoms. The van der Waals surface area contributed by atoms with Crippen molar-refractivity contribution in [3.63, 3.8) is 0 Å². The summed E-state index contributed by atoms with van der Waals surface area (Å²) in [6.45, 7) is 4.30. The number of rotatable bonds is 4. The third kappa shape index (κ3) is 4.69. The van der Waals surface area contributed by atoms with Crippen molar-refractivity contribution in [2.75, 3.05) is 22.1 Å². The number of allylic oxidation sites excluding steroid dienone is 1. The van der Waals surface area contributed by atoms with E-state index >= 15 is 0 Å². The summed E-state index contributed by atoms with van der Waals surface area (Å²) in [4.78, 5) is 29.0. The summed E-state index contributed by atoms with van der Waals surface area (Å²) in [5.74, 6) is -0.0941. The second-order valence-electron chi connectivity index (χ2n) is 9.94. The normalized spacial score (nSPS) is 18.8. The maximum Gasteiger partial charge on any atom is 0.243 e. The number of carbonyl (C=O) groups is 2. The van der Waals surface area contributed by atoms with Crippen LogP contribution in [0.15, 0.2) is 90.1 Å². The molecule has 1 aliphatic heterocycles. The van der Waals surface area contributed by atoms with Gasteiger partial charge in [-0.25, -0.2) is 0 Å². The monoisotopic (exact) mass is 485 g/mol.